The first kappa shape index (κ1) is 27.4. The molecule has 0 N–H and O–H groups in total. The van der Waals surface area contributed by atoms with Gasteiger partial charge in [-0.05, 0) is 60.9 Å². The third kappa shape index (κ3) is 5.72. The highest BCUT2D eigenvalue weighted by Crippen LogP contribution is 2.32. The van der Waals surface area contributed by atoms with Gasteiger partial charge in [0.15, 0.2) is 5.78 Å². The molecule has 0 amide bonds. The van der Waals surface area contributed by atoms with E-state index in [2.05, 4.69) is 4.98 Å². The summed E-state index contributed by atoms with van der Waals surface area (Å²) in [5, 5.41) is 0. The minimum atomic E-state index is -4.57. The van der Waals surface area contributed by atoms with Gasteiger partial charge in [0.05, 0.1) is 30.8 Å². The number of benzene rings is 2. The van der Waals surface area contributed by atoms with Crippen LogP contribution < -0.4 is 10.5 Å². The molecule has 2 aromatic heterocycles. The van der Waals surface area contributed by atoms with Crippen LogP contribution in [-0.2, 0) is 24.4 Å². The molecule has 0 unspecified atom stereocenters. The Morgan fingerprint density at radius 1 is 1.02 bits per heavy atom. The number of carbonyl (C=O) groups is 1. The van der Waals surface area contributed by atoms with Gasteiger partial charge in [0.25, 0.3) is 5.56 Å². The molecule has 40 heavy (non-hydrogen) atoms. The van der Waals surface area contributed by atoms with Crippen LogP contribution in [0.15, 0.2) is 66.0 Å². The average molecular weight is 551 g/mol. The monoisotopic (exact) mass is 550 g/mol. The molecule has 0 saturated carbocycles. The van der Waals surface area contributed by atoms with Gasteiger partial charge in [0, 0.05) is 55.8 Å². The number of pyridine rings is 1. The molecule has 2 aromatic carbocycles. The molecule has 10 heteroatoms. The minimum absolute atomic E-state index is 0.121. The van der Waals surface area contributed by atoms with Crippen molar-refractivity contribution < 1.29 is 22.7 Å². The van der Waals surface area contributed by atoms with Gasteiger partial charge in [0.2, 0.25) is 0 Å². The second kappa shape index (κ2) is 10.8. The number of imidazole rings is 1. The molecule has 0 spiro atoms. The van der Waals surface area contributed by atoms with E-state index < -0.39 is 11.7 Å². The molecule has 1 saturated heterocycles. The number of Topliss-reactive ketones (excluding diaryl/α,β-unsaturated/α-hetero) is 1. The van der Waals surface area contributed by atoms with E-state index in [1.54, 1.807) is 44.6 Å². The maximum Gasteiger partial charge on any atom is 0.416 e. The molecule has 1 aliphatic heterocycles. The van der Waals surface area contributed by atoms with E-state index in [4.69, 9.17) is 4.74 Å². The molecule has 4 aromatic rings. The number of ketones is 1. The first-order chi connectivity index (χ1) is 19.0. The lowest BCUT2D eigenvalue weighted by Crippen LogP contribution is -2.40. The Bertz CT molecular complexity index is 1630. The summed E-state index contributed by atoms with van der Waals surface area (Å²) in [6.45, 7) is 5.94. The lowest BCUT2D eigenvalue weighted by molar-refractivity contribution is -0.137. The molecular weight excluding hydrogens is 521 g/mol. The van der Waals surface area contributed by atoms with Gasteiger partial charge in [-0.25, -0.2) is 4.98 Å². The van der Waals surface area contributed by atoms with Crippen molar-refractivity contribution in [3.05, 3.63) is 99.5 Å². The molecule has 208 valence electrons. The van der Waals surface area contributed by atoms with Crippen molar-refractivity contribution in [2.75, 3.05) is 31.2 Å². The van der Waals surface area contributed by atoms with E-state index in [-0.39, 0.29) is 29.0 Å². The van der Waals surface area contributed by atoms with Crippen molar-refractivity contribution in [3.8, 4) is 16.8 Å². The van der Waals surface area contributed by atoms with Crippen LogP contribution >= 0.6 is 0 Å². The number of rotatable bonds is 6. The molecule has 0 bridgehead atoms. The number of halogens is 3. The van der Waals surface area contributed by atoms with E-state index in [0.29, 0.717) is 43.2 Å². The summed E-state index contributed by atoms with van der Waals surface area (Å²) >= 11 is 0. The number of nitrogens with zero attached hydrogens (tertiary/aromatic N) is 4. The van der Waals surface area contributed by atoms with E-state index in [0.717, 1.165) is 28.8 Å². The van der Waals surface area contributed by atoms with Crippen molar-refractivity contribution in [2.45, 2.75) is 26.4 Å². The Hall–Kier alpha value is -4.18. The number of hydrogen-bond donors (Lipinski definition) is 0. The predicted molar refractivity (Wildman–Crippen MR) is 146 cm³/mol. The third-order valence-electron chi connectivity index (χ3n) is 7.07. The van der Waals surface area contributed by atoms with Crippen LogP contribution in [0.5, 0.6) is 0 Å². The largest absolute Gasteiger partial charge is 0.416 e. The number of hydrogen-bond acceptors (Lipinski definition) is 5. The van der Waals surface area contributed by atoms with E-state index >= 15 is 0 Å². The fraction of sp³-hybridized carbons (Fsp3) is 0.300. The second-order valence-electron chi connectivity index (χ2n) is 10.1. The van der Waals surface area contributed by atoms with Crippen molar-refractivity contribution in [1.29, 1.82) is 0 Å². The van der Waals surface area contributed by atoms with E-state index in [1.165, 1.54) is 15.5 Å². The van der Waals surface area contributed by atoms with Crippen LogP contribution in [-0.4, -0.2) is 46.2 Å². The summed E-state index contributed by atoms with van der Waals surface area (Å²) in [6, 6.07) is 10.7. The van der Waals surface area contributed by atoms with E-state index in [9.17, 15) is 22.8 Å². The number of ether oxygens (including phenoxy) is 1. The quantitative estimate of drug-likeness (QED) is 0.311. The summed E-state index contributed by atoms with van der Waals surface area (Å²) in [5.41, 5.74) is 3.63. The zero-order valence-electron chi connectivity index (χ0n) is 22.5. The Morgan fingerprint density at radius 3 is 2.45 bits per heavy atom. The topological polar surface area (TPSA) is 69.4 Å². The van der Waals surface area contributed by atoms with Gasteiger partial charge in [0.1, 0.15) is 5.69 Å². The molecule has 3 heterocycles. The number of carbonyl (C=O) groups excluding carboxylic acids is 1. The summed E-state index contributed by atoms with van der Waals surface area (Å²) in [6.07, 6.45) is 0.0308. The van der Waals surface area contributed by atoms with Crippen molar-refractivity contribution in [3.63, 3.8) is 0 Å². The number of morpholine rings is 1. The molecule has 1 fully saturated rings. The highest BCUT2D eigenvalue weighted by atomic mass is 19.4. The van der Waals surface area contributed by atoms with E-state index in [1.807, 2.05) is 24.0 Å². The number of aromatic nitrogens is 3. The zero-order chi connectivity index (χ0) is 28.6. The normalized spacial score (nSPS) is 14.0. The summed E-state index contributed by atoms with van der Waals surface area (Å²) < 4.78 is 49.5. The van der Waals surface area contributed by atoms with Gasteiger partial charge < -0.3 is 18.8 Å². The Labute approximate surface area is 229 Å². The fourth-order valence-electron chi connectivity index (χ4n) is 4.92. The van der Waals surface area contributed by atoms with Crippen LogP contribution in [0.4, 0.5) is 18.9 Å². The Kier molecular flexibility index (Phi) is 7.37. The van der Waals surface area contributed by atoms with Crippen LogP contribution in [0.2, 0.25) is 0 Å². The molecule has 5 rings (SSSR count). The van der Waals surface area contributed by atoms with Crippen molar-refractivity contribution in [2.24, 2.45) is 7.05 Å². The van der Waals surface area contributed by atoms with Crippen LogP contribution in [0.1, 0.15) is 32.7 Å². The lowest BCUT2D eigenvalue weighted by atomic mass is 9.94. The molecule has 0 atom stereocenters. The molecule has 7 nitrogen and oxygen atoms in total. The molecule has 1 aliphatic rings. The van der Waals surface area contributed by atoms with Gasteiger partial charge in [-0.2, -0.15) is 13.2 Å². The summed E-state index contributed by atoms with van der Waals surface area (Å²) in [4.78, 5) is 32.4. The minimum Gasteiger partial charge on any atom is -0.378 e. The van der Waals surface area contributed by atoms with Crippen molar-refractivity contribution in [1.82, 2.24) is 14.1 Å². The van der Waals surface area contributed by atoms with Crippen LogP contribution in [0.25, 0.3) is 16.8 Å². The third-order valence-corrected chi connectivity index (χ3v) is 7.07. The predicted octanol–water partition coefficient (Wildman–Crippen LogP) is 5.14. The van der Waals surface area contributed by atoms with Crippen molar-refractivity contribution >= 4 is 11.5 Å². The number of aryl methyl sites for hydroxylation is 3. The lowest BCUT2D eigenvalue weighted by Gasteiger charge is -2.29. The van der Waals surface area contributed by atoms with Gasteiger partial charge >= 0.3 is 6.18 Å². The Morgan fingerprint density at radius 2 is 1.77 bits per heavy atom. The zero-order valence-corrected chi connectivity index (χ0v) is 22.5. The van der Waals surface area contributed by atoms with Gasteiger partial charge in [-0.3, -0.25) is 9.59 Å². The summed E-state index contributed by atoms with van der Waals surface area (Å²) in [5.74, 6) is -0.313. The number of alkyl halides is 3. The highest BCUT2D eigenvalue weighted by Gasteiger charge is 2.31. The smallest absolute Gasteiger partial charge is 0.378 e. The standard InChI is InChI=1S/C30H29F3N4O3/c1-19-4-5-22(13-26(19)23-14-27(29(39)35(3)17-23)36-6-8-40-9-7-36)28(38)12-21-10-24(30(31,32)33)15-25(11-21)37-16-20(2)34-18-37/h4-5,10-11,13-18H,6-9,12H2,1-3H3. The molecule has 0 aliphatic carbocycles. The number of anilines is 1. The highest BCUT2D eigenvalue weighted by molar-refractivity contribution is 5.99. The van der Waals surface area contributed by atoms with Crippen LogP contribution in [0.3, 0.4) is 0 Å². The first-order valence-corrected chi connectivity index (χ1v) is 12.9. The maximum absolute atomic E-state index is 13.7. The average Bonchev–Trinajstić information content (AvgIpc) is 3.36. The summed E-state index contributed by atoms with van der Waals surface area (Å²) in [7, 11) is 1.69. The van der Waals surface area contributed by atoms with Crippen LogP contribution in [0, 0.1) is 13.8 Å². The van der Waals surface area contributed by atoms with Gasteiger partial charge in [-0.15, -0.1) is 0 Å². The fourth-order valence-corrected chi connectivity index (χ4v) is 4.92. The van der Waals surface area contributed by atoms with Gasteiger partial charge in [-0.1, -0.05) is 12.1 Å². The molecule has 0 radical (unpaired) electrons. The maximum atomic E-state index is 13.7. The Balaban J connectivity index is 1.49. The second-order valence-corrected chi connectivity index (χ2v) is 10.1. The first-order valence-electron chi connectivity index (χ1n) is 12.9. The molecular formula is C30H29F3N4O3. The SMILES string of the molecule is Cc1cn(-c2cc(CC(=O)c3ccc(C)c(-c4cc(N5CCOCC5)c(=O)n(C)c4)c3)cc(C(F)(F)F)c2)cn1.